The predicted molar refractivity (Wildman–Crippen MR) is 160 cm³/mol. The number of carbonyl (C=O) groups is 2. The second-order valence-electron chi connectivity index (χ2n) is 10.8. The van der Waals surface area contributed by atoms with Crippen molar-refractivity contribution in [2.75, 3.05) is 53.6 Å². The predicted octanol–water partition coefficient (Wildman–Crippen LogP) is 4.67. The summed E-state index contributed by atoms with van der Waals surface area (Å²) < 4.78 is 16.4. The van der Waals surface area contributed by atoms with Gasteiger partial charge in [-0.1, -0.05) is 37.3 Å². The Morgan fingerprint density at radius 1 is 0.975 bits per heavy atom. The number of amides is 2. The minimum absolute atomic E-state index is 0.00625. The van der Waals surface area contributed by atoms with Gasteiger partial charge in [-0.25, -0.2) is 0 Å². The van der Waals surface area contributed by atoms with Crippen molar-refractivity contribution in [2.45, 2.75) is 58.9 Å². The quantitative estimate of drug-likeness (QED) is 0.260. The van der Waals surface area contributed by atoms with E-state index in [2.05, 4.69) is 17.6 Å². The van der Waals surface area contributed by atoms with Crippen LogP contribution < -0.4 is 20.1 Å². The fourth-order valence-corrected chi connectivity index (χ4v) is 4.46. The first kappa shape index (κ1) is 33.1. The fraction of sp³-hybridized carbons (Fsp3) is 0.562. The van der Waals surface area contributed by atoms with Gasteiger partial charge in [0.15, 0.2) is 11.5 Å². The second kappa shape index (κ2) is 16.9. The molecule has 222 valence electrons. The second-order valence-corrected chi connectivity index (χ2v) is 10.8. The molecule has 0 aliphatic heterocycles. The number of ether oxygens (including phenoxy) is 3. The number of hydrogen-bond acceptors (Lipinski definition) is 6. The molecular formula is C32H49N3O5. The molecule has 2 amide bonds. The largest absolute Gasteiger partial charge is 0.493 e. The van der Waals surface area contributed by atoms with E-state index in [4.69, 9.17) is 14.2 Å². The van der Waals surface area contributed by atoms with Crippen LogP contribution in [0.3, 0.4) is 0 Å². The summed E-state index contributed by atoms with van der Waals surface area (Å²) in [6.45, 7) is 13.8. The third-order valence-corrected chi connectivity index (χ3v) is 7.12. The summed E-state index contributed by atoms with van der Waals surface area (Å²) >= 11 is 0. The maximum absolute atomic E-state index is 13.6. The minimum Gasteiger partial charge on any atom is -0.493 e. The van der Waals surface area contributed by atoms with E-state index >= 15 is 0 Å². The molecule has 0 aliphatic rings. The summed E-state index contributed by atoms with van der Waals surface area (Å²) in [7, 11) is 3.24. The average molecular weight is 556 g/mol. The van der Waals surface area contributed by atoms with Crippen LogP contribution in [0.25, 0.3) is 0 Å². The molecule has 0 radical (unpaired) electrons. The van der Waals surface area contributed by atoms with E-state index < -0.39 is 5.41 Å². The van der Waals surface area contributed by atoms with Gasteiger partial charge in [-0.15, -0.1) is 0 Å². The molecule has 0 unspecified atom stereocenters. The maximum atomic E-state index is 13.6. The first-order valence-electron chi connectivity index (χ1n) is 14.3. The molecule has 0 saturated carbocycles. The topological polar surface area (TPSA) is 89.1 Å². The summed E-state index contributed by atoms with van der Waals surface area (Å²) in [6, 6.07) is 15.1. The van der Waals surface area contributed by atoms with Crippen LogP contribution >= 0.6 is 0 Å². The first-order valence-corrected chi connectivity index (χ1v) is 14.3. The Bertz CT molecular complexity index is 1040. The Hall–Kier alpha value is -3.10. The lowest BCUT2D eigenvalue weighted by atomic mass is 9.83. The van der Waals surface area contributed by atoms with Gasteiger partial charge in [0.2, 0.25) is 5.91 Å². The molecule has 2 rings (SSSR count). The lowest BCUT2D eigenvalue weighted by Crippen LogP contribution is -2.45. The maximum Gasteiger partial charge on any atom is 0.254 e. The normalized spacial score (nSPS) is 12.2. The average Bonchev–Trinajstić information content (AvgIpc) is 2.96. The van der Waals surface area contributed by atoms with Gasteiger partial charge < -0.3 is 29.7 Å². The van der Waals surface area contributed by atoms with Crippen molar-refractivity contribution in [3.8, 4) is 11.5 Å². The summed E-state index contributed by atoms with van der Waals surface area (Å²) in [4.78, 5) is 28.7. The van der Waals surface area contributed by atoms with Gasteiger partial charge in [-0.05, 0) is 76.9 Å². The number of nitrogens with zero attached hydrogens (tertiary/aromatic N) is 1. The molecule has 2 aromatic rings. The number of benzene rings is 2. The third kappa shape index (κ3) is 9.82. The molecule has 0 saturated heterocycles. The molecule has 0 fully saturated rings. The zero-order valence-electron chi connectivity index (χ0n) is 25.4. The standard InChI is InChI=1S/C32H49N3O5/c1-8-33-22-25(23-34-31(37)32(4,5)27-13-10-9-11-14-27)17-18-35(24(2)3)30(36)26-15-16-28(39-7)29(21-26)40-20-12-19-38-6/h9-11,13-16,21,24-25,33H,8,12,17-20,22-23H2,1-7H3,(H,34,37)/t25-/m0/s1. The molecule has 2 N–H and O–H groups in total. The van der Waals surface area contributed by atoms with E-state index in [1.54, 1.807) is 32.4 Å². The van der Waals surface area contributed by atoms with Gasteiger partial charge in [-0.3, -0.25) is 9.59 Å². The van der Waals surface area contributed by atoms with E-state index in [9.17, 15) is 9.59 Å². The van der Waals surface area contributed by atoms with E-state index in [0.717, 1.165) is 31.5 Å². The molecule has 0 heterocycles. The Kier molecular flexibility index (Phi) is 14.0. The summed E-state index contributed by atoms with van der Waals surface area (Å²) in [5.74, 6) is 1.23. The Balaban J connectivity index is 2.09. The van der Waals surface area contributed by atoms with Gasteiger partial charge in [-0.2, -0.15) is 0 Å². The summed E-state index contributed by atoms with van der Waals surface area (Å²) in [6.07, 6.45) is 1.49. The number of methoxy groups -OCH3 is 2. The van der Waals surface area contributed by atoms with Crippen LogP contribution in [-0.2, 0) is 14.9 Å². The molecule has 0 aromatic heterocycles. The van der Waals surface area contributed by atoms with Crippen LogP contribution in [0, 0.1) is 5.92 Å². The SMILES string of the molecule is CCNC[C@H](CCN(C(=O)c1ccc(OC)c(OCCCOC)c1)C(C)C)CNC(=O)C(C)(C)c1ccccc1. The van der Waals surface area contributed by atoms with E-state index in [1.807, 2.05) is 62.9 Å². The first-order chi connectivity index (χ1) is 19.1. The Labute approximate surface area is 240 Å². The molecule has 8 nitrogen and oxygen atoms in total. The smallest absolute Gasteiger partial charge is 0.254 e. The van der Waals surface area contributed by atoms with Gasteiger partial charge in [0.25, 0.3) is 5.91 Å². The number of carbonyl (C=O) groups excluding carboxylic acids is 2. The lowest BCUT2D eigenvalue weighted by molar-refractivity contribution is -0.125. The Morgan fingerprint density at radius 3 is 2.33 bits per heavy atom. The molecule has 0 bridgehead atoms. The van der Waals surface area contributed by atoms with Gasteiger partial charge >= 0.3 is 0 Å². The van der Waals surface area contributed by atoms with E-state index in [0.29, 0.717) is 43.4 Å². The zero-order chi connectivity index (χ0) is 29.5. The molecule has 40 heavy (non-hydrogen) atoms. The van der Waals surface area contributed by atoms with Gasteiger partial charge in [0, 0.05) is 44.8 Å². The van der Waals surface area contributed by atoms with Crippen molar-refractivity contribution in [3.63, 3.8) is 0 Å². The van der Waals surface area contributed by atoms with Crippen molar-refractivity contribution in [2.24, 2.45) is 5.92 Å². The molecule has 1 atom stereocenters. The molecule has 2 aromatic carbocycles. The molecule has 0 aliphatic carbocycles. The number of hydrogen-bond donors (Lipinski definition) is 2. The third-order valence-electron chi connectivity index (χ3n) is 7.12. The molecule has 0 spiro atoms. The highest BCUT2D eigenvalue weighted by Gasteiger charge is 2.30. The molecular weight excluding hydrogens is 506 g/mol. The highest BCUT2D eigenvalue weighted by molar-refractivity contribution is 5.95. The lowest BCUT2D eigenvalue weighted by Gasteiger charge is -2.30. The van der Waals surface area contributed by atoms with Crippen LogP contribution in [0.4, 0.5) is 0 Å². The van der Waals surface area contributed by atoms with Crippen LogP contribution in [0.2, 0.25) is 0 Å². The zero-order valence-corrected chi connectivity index (χ0v) is 25.4. The van der Waals surface area contributed by atoms with Crippen molar-refractivity contribution in [1.82, 2.24) is 15.5 Å². The summed E-state index contributed by atoms with van der Waals surface area (Å²) in [5.41, 5.74) is 0.896. The van der Waals surface area contributed by atoms with Gasteiger partial charge in [0.1, 0.15) is 0 Å². The summed E-state index contributed by atoms with van der Waals surface area (Å²) in [5, 5.41) is 6.58. The highest BCUT2D eigenvalue weighted by atomic mass is 16.5. The van der Waals surface area contributed by atoms with Crippen molar-refractivity contribution >= 4 is 11.8 Å². The monoisotopic (exact) mass is 555 g/mol. The van der Waals surface area contributed by atoms with Crippen LogP contribution in [0.15, 0.2) is 48.5 Å². The highest BCUT2D eigenvalue weighted by Crippen LogP contribution is 2.29. The van der Waals surface area contributed by atoms with E-state index in [1.165, 1.54) is 0 Å². The Morgan fingerprint density at radius 2 is 1.70 bits per heavy atom. The van der Waals surface area contributed by atoms with Crippen molar-refractivity contribution in [1.29, 1.82) is 0 Å². The molecule has 8 heteroatoms. The van der Waals surface area contributed by atoms with E-state index in [-0.39, 0.29) is 23.8 Å². The fourth-order valence-electron chi connectivity index (χ4n) is 4.46. The van der Waals surface area contributed by atoms with Crippen LogP contribution in [0.1, 0.15) is 63.4 Å². The number of rotatable bonds is 18. The minimum atomic E-state index is -0.637. The van der Waals surface area contributed by atoms with Crippen LogP contribution in [-0.4, -0.2) is 76.4 Å². The van der Waals surface area contributed by atoms with Crippen molar-refractivity contribution in [3.05, 3.63) is 59.7 Å². The van der Waals surface area contributed by atoms with Crippen molar-refractivity contribution < 1.29 is 23.8 Å². The van der Waals surface area contributed by atoms with Crippen LogP contribution in [0.5, 0.6) is 11.5 Å². The number of nitrogens with one attached hydrogen (secondary N) is 2. The van der Waals surface area contributed by atoms with Gasteiger partial charge in [0.05, 0.1) is 19.1 Å².